The Hall–Kier alpha value is -1.64. The van der Waals surface area contributed by atoms with E-state index < -0.39 is 6.61 Å². The maximum atomic E-state index is 12.4. The van der Waals surface area contributed by atoms with E-state index in [-0.39, 0.29) is 18.3 Å². The topological polar surface area (TPSA) is 72.1 Å². The highest BCUT2D eigenvalue weighted by atomic mass is 35.5. The number of nitrogens with one attached hydrogen (secondary N) is 1. The normalized spacial score (nSPS) is 16.2. The third-order valence-electron chi connectivity index (χ3n) is 3.72. The molecule has 1 aromatic rings. The number of hydrogen-bond donors (Lipinski definition) is 2. The van der Waals surface area contributed by atoms with E-state index in [0.29, 0.717) is 17.1 Å². The summed E-state index contributed by atoms with van der Waals surface area (Å²) in [5, 5.41) is 3.44. The van der Waals surface area contributed by atoms with Crippen molar-refractivity contribution in [1.29, 1.82) is 0 Å². The van der Waals surface area contributed by atoms with Crippen molar-refractivity contribution in [3.8, 4) is 5.75 Å². The van der Waals surface area contributed by atoms with Crippen molar-refractivity contribution in [2.45, 2.75) is 19.6 Å². The van der Waals surface area contributed by atoms with Gasteiger partial charge in [0.25, 0.3) is 0 Å². The molecule has 1 saturated heterocycles. The van der Waals surface area contributed by atoms with Crippen LogP contribution in [0.25, 0.3) is 0 Å². The number of nitrogens with two attached hydrogens (primary N) is 1. The van der Waals surface area contributed by atoms with Crippen LogP contribution in [0.1, 0.15) is 12.0 Å². The summed E-state index contributed by atoms with van der Waals surface area (Å²) in [6.07, 6.45) is 0.924. The summed E-state index contributed by atoms with van der Waals surface area (Å²) in [4.78, 5) is 6.49. The van der Waals surface area contributed by atoms with E-state index in [0.717, 1.165) is 39.3 Å². The van der Waals surface area contributed by atoms with Gasteiger partial charge < -0.3 is 20.5 Å². The fourth-order valence-electron chi connectivity index (χ4n) is 2.45. The number of benzene rings is 1. The minimum Gasteiger partial charge on any atom is -0.434 e. The van der Waals surface area contributed by atoms with Gasteiger partial charge in [0.2, 0.25) is 0 Å². The van der Waals surface area contributed by atoms with E-state index in [1.807, 2.05) is 0 Å². The highest BCUT2D eigenvalue weighted by molar-refractivity contribution is 6.30. The molecule has 0 radical (unpaired) electrons. The number of morpholine rings is 1. The van der Waals surface area contributed by atoms with Crippen molar-refractivity contribution in [3.63, 3.8) is 0 Å². The number of rotatable bonds is 8. The molecular formula is C16H23ClF2N4O2. The third kappa shape index (κ3) is 7.41. The number of nitrogens with zero attached hydrogens (tertiary/aromatic N) is 2. The Balaban J connectivity index is 1.77. The lowest BCUT2D eigenvalue weighted by atomic mass is 10.2. The van der Waals surface area contributed by atoms with Gasteiger partial charge in [0.05, 0.1) is 19.8 Å². The number of ether oxygens (including phenoxy) is 2. The minimum atomic E-state index is -2.90. The van der Waals surface area contributed by atoms with Gasteiger partial charge in [-0.15, -0.1) is 0 Å². The van der Waals surface area contributed by atoms with Gasteiger partial charge in [0.1, 0.15) is 5.75 Å². The summed E-state index contributed by atoms with van der Waals surface area (Å²) < 4.78 is 34.6. The predicted octanol–water partition coefficient (Wildman–Crippen LogP) is 2.07. The average Bonchev–Trinajstić information content (AvgIpc) is 2.59. The summed E-state index contributed by atoms with van der Waals surface area (Å²) in [7, 11) is 0. The molecule has 1 aliphatic heterocycles. The Labute approximate surface area is 150 Å². The molecule has 0 aliphatic carbocycles. The monoisotopic (exact) mass is 376 g/mol. The number of halogens is 3. The fraction of sp³-hybridized carbons (Fsp3) is 0.562. The molecule has 0 saturated carbocycles. The number of aliphatic imine (C=N–C) groups is 1. The lowest BCUT2D eigenvalue weighted by Gasteiger charge is -2.26. The van der Waals surface area contributed by atoms with Crippen molar-refractivity contribution in [1.82, 2.24) is 10.2 Å². The highest BCUT2D eigenvalue weighted by Crippen LogP contribution is 2.25. The van der Waals surface area contributed by atoms with Gasteiger partial charge in [0.15, 0.2) is 5.96 Å². The zero-order valence-electron chi connectivity index (χ0n) is 13.9. The summed E-state index contributed by atoms with van der Waals surface area (Å²) >= 11 is 5.89. The number of alkyl halides is 2. The first-order valence-corrected chi connectivity index (χ1v) is 8.49. The van der Waals surface area contributed by atoms with Crippen LogP contribution in [-0.4, -0.2) is 56.9 Å². The summed E-state index contributed by atoms with van der Waals surface area (Å²) in [6.45, 7) is 2.30. The Morgan fingerprint density at radius 3 is 2.88 bits per heavy atom. The second kappa shape index (κ2) is 10.4. The standard InChI is InChI=1S/C16H23ClF2N4O2/c17-13-2-3-14(25-15(18)19)12(10-13)11-22-16(20)21-4-1-5-23-6-8-24-9-7-23/h2-3,10,15H,1,4-9,11H2,(H3,20,21,22). The van der Waals surface area contributed by atoms with Crippen molar-refractivity contribution in [2.75, 3.05) is 39.4 Å². The first-order chi connectivity index (χ1) is 12.0. The van der Waals surface area contributed by atoms with Gasteiger partial charge in [0, 0.05) is 30.2 Å². The van der Waals surface area contributed by atoms with Gasteiger partial charge >= 0.3 is 6.61 Å². The minimum absolute atomic E-state index is 0.0447. The molecule has 0 bridgehead atoms. The van der Waals surface area contributed by atoms with Gasteiger partial charge in [-0.05, 0) is 31.2 Å². The van der Waals surface area contributed by atoms with Crippen LogP contribution in [0.2, 0.25) is 5.02 Å². The molecule has 1 aromatic carbocycles. The van der Waals surface area contributed by atoms with E-state index in [4.69, 9.17) is 22.1 Å². The molecule has 6 nitrogen and oxygen atoms in total. The SMILES string of the molecule is NC(=NCc1cc(Cl)ccc1OC(F)F)NCCCN1CCOCC1. The Morgan fingerprint density at radius 2 is 2.16 bits per heavy atom. The molecule has 1 heterocycles. The average molecular weight is 377 g/mol. The first-order valence-electron chi connectivity index (χ1n) is 8.11. The van der Waals surface area contributed by atoms with E-state index in [9.17, 15) is 8.78 Å². The fourth-order valence-corrected chi connectivity index (χ4v) is 2.65. The van der Waals surface area contributed by atoms with E-state index >= 15 is 0 Å². The zero-order valence-corrected chi connectivity index (χ0v) is 14.6. The van der Waals surface area contributed by atoms with Gasteiger partial charge in [-0.25, -0.2) is 4.99 Å². The largest absolute Gasteiger partial charge is 0.434 e. The number of hydrogen-bond acceptors (Lipinski definition) is 4. The summed E-state index contributed by atoms with van der Waals surface area (Å²) in [6, 6.07) is 4.42. The smallest absolute Gasteiger partial charge is 0.387 e. The lowest BCUT2D eigenvalue weighted by Crippen LogP contribution is -2.39. The predicted molar refractivity (Wildman–Crippen MR) is 93.3 cm³/mol. The van der Waals surface area contributed by atoms with Crippen molar-refractivity contribution in [2.24, 2.45) is 10.7 Å². The second-order valence-electron chi connectivity index (χ2n) is 5.57. The van der Waals surface area contributed by atoms with Crippen LogP contribution >= 0.6 is 11.6 Å². The Bertz CT molecular complexity index is 569. The van der Waals surface area contributed by atoms with Crippen LogP contribution in [0.5, 0.6) is 5.75 Å². The Morgan fingerprint density at radius 1 is 1.40 bits per heavy atom. The quantitative estimate of drug-likeness (QED) is 0.413. The van der Waals surface area contributed by atoms with Crippen LogP contribution in [0.3, 0.4) is 0 Å². The van der Waals surface area contributed by atoms with Crippen LogP contribution in [0, 0.1) is 0 Å². The molecule has 1 fully saturated rings. The van der Waals surface area contributed by atoms with Crippen molar-refractivity contribution in [3.05, 3.63) is 28.8 Å². The molecule has 0 unspecified atom stereocenters. The molecule has 2 rings (SSSR count). The zero-order chi connectivity index (χ0) is 18.1. The summed E-state index contributed by atoms with van der Waals surface area (Å²) in [5.74, 6) is 0.299. The maximum absolute atomic E-state index is 12.4. The highest BCUT2D eigenvalue weighted by Gasteiger charge is 2.11. The lowest BCUT2D eigenvalue weighted by molar-refractivity contribution is -0.0504. The third-order valence-corrected chi connectivity index (χ3v) is 3.95. The van der Waals surface area contributed by atoms with E-state index in [2.05, 4.69) is 19.9 Å². The first kappa shape index (κ1) is 19.7. The molecule has 0 atom stereocenters. The van der Waals surface area contributed by atoms with Gasteiger partial charge in [-0.3, -0.25) is 4.90 Å². The van der Waals surface area contributed by atoms with E-state index in [1.165, 1.54) is 18.2 Å². The molecule has 0 spiro atoms. The molecule has 1 aliphatic rings. The molecule has 0 amide bonds. The van der Waals surface area contributed by atoms with Crippen molar-refractivity contribution < 1.29 is 18.3 Å². The number of guanidine groups is 1. The molecule has 0 aromatic heterocycles. The van der Waals surface area contributed by atoms with Crippen LogP contribution in [-0.2, 0) is 11.3 Å². The molecule has 9 heteroatoms. The van der Waals surface area contributed by atoms with Crippen LogP contribution in [0.4, 0.5) is 8.78 Å². The van der Waals surface area contributed by atoms with Crippen LogP contribution < -0.4 is 15.8 Å². The summed E-state index contributed by atoms with van der Waals surface area (Å²) in [5.41, 5.74) is 6.26. The molecule has 140 valence electrons. The molecule has 25 heavy (non-hydrogen) atoms. The molecular weight excluding hydrogens is 354 g/mol. The second-order valence-corrected chi connectivity index (χ2v) is 6.00. The van der Waals surface area contributed by atoms with E-state index in [1.54, 1.807) is 0 Å². The van der Waals surface area contributed by atoms with Gasteiger partial charge in [-0.1, -0.05) is 11.6 Å². The van der Waals surface area contributed by atoms with Crippen LogP contribution in [0.15, 0.2) is 23.2 Å². The maximum Gasteiger partial charge on any atom is 0.387 e. The van der Waals surface area contributed by atoms with Crippen molar-refractivity contribution >= 4 is 17.6 Å². The van der Waals surface area contributed by atoms with Gasteiger partial charge in [-0.2, -0.15) is 8.78 Å². The Kier molecular flexibility index (Phi) is 8.17. The molecule has 3 N–H and O–H groups in total.